The van der Waals surface area contributed by atoms with E-state index in [2.05, 4.69) is 0 Å². The number of carbonyl (C=O) groups is 2. The molecule has 134 valence electrons. The third-order valence-electron chi connectivity index (χ3n) is 4.68. The summed E-state index contributed by atoms with van der Waals surface area (Å²) in [5.74, 6) is -0.436. The van der Waals surface area contributed by atoms with Crippen LogP contribution >= 0.6 is 0 Å². The summed E-state index contributed by atoms with van der Waals surface area (Å²) in [6, 6.07) is 7.28. The molecule has 5 nitrogen and oxygen atoms in total. The van der Waals surface area contributed by atoms with E-state index < -0.39 is 23.0 Å². The first kappa shape index (κ1) is 17.5. The maximum absolute atomic E-state index is 13.2. The van der Waals surface area contributed by atoms with E-state index in [0.717, 1.165) is 0 Å². The molecule has 2 atom stereocenters. The second-order valence-corrected chi connectivity index (χ2v) is 7.12. The summed E-state index contributed by atoms with van der Waals surface area (Å²) in [4.78, 5) is 26.3. The zero-order valence-electron chi connectivity index (χ0n) is 15.1. The lowest BCUT2D eigenvalue weighted by Crippen LogP contribution is -2.63. The Hall–Kier alpha value is -2.30. The summed E-state index contributed by atoms with van der Waals surface area (Å²) in [5, 5.41) is 0. The fourth-order valence-corrected chi connectivity index (χ4v) is 3.68. The standard InChI is InChI=1S/C20H24O5/c1-13(2)23-17(21)19-11-7-8-12-20(19,18(22)24-14(3)4)25-16-10-6-5-9-15(16)19/h5-10,13-14H,11-12H2,1-4H3/t19-,20+/m0/s1. The maximum atomic E-state index is 13.2. The van der Waals surface area contributed by atoms with Gasteiger partial charge in [0, 0.05) is 12.0 Å². The van der Waals surface area contributed by atoms with Crippen LogP contribution in [0.25, 0.3) is 0 Å². The third-order valence-corrected chi connectivity index (χ3v) is 4.68. The van der Waals surface area contributed by atoms with Crippen LogP contribution in [0.1, 0.15) is 46.1 Å². The molecule has 0 amide bonds. The lowest BCUT2D eigenvalue weighted by atomic mass is 9.62. The van der Waals surface area contributed by atoms with Gasteiger partial charge in [-0.3, -0.25) is 4.79 Å². The van der Waals surface area contributed by atoms with Crippen LogP contribution in [0.5, 0.6) is 5.75 Å². The van der Waals surface area contributed by atoms with E-state index in [0.29, 0.717) is 17.7 Å². The van der Waals surface area contributed by atoms with Gasteiger partial charge in [0.2, 0.25) is 5.60 Å². The van der Waals surface area contributed by atoms with E-state index in [1.165, 1.54) is 0 Å². The van der Waals surface area contributed by atoms with Crippen molar-refractivity contribution in [3.63, 3.8) is 0 Å². The van der Waals surface area contributed by atoms with E-state index in [4.69, 9.17) is 14.2 Å². The first-order chi connectivity index (χ1) is 11.8. The van der Waals surface area contributed by atoms with E-state index >= 15 is 0 Å². The molecule has 1 aromatic carbocycles. The van der Waals surface area contributed by atoms with Gasteiger partial charge < -0.3 is 14.2 Å². The van der Waals surface area contributed by atoms with Crippen LogP contribution < -0.4 is 4.74 Å². The average Bonchev–Trinajstić information content (AvgIpc) is 2.86. The molecule has 2 aliphatic rings. The minimum atomic E-state index is -1.43. The number of carbonyl (C=O) groups excluding carboxylic acids is 2. The van der Waals surface area contributed by atoms with E-state index in [9.17, 15) is 9.59 Å². The molecule has 0 saturated carbocycles. The maximum Gasteiger partial charge on any atom is 0.352 e. The van der Waals surface area contributed by atoms with Crippen molar-refractivity contribution >= 4 is 11.9 Å². The molecule has 0 fully saturated rings. The van der Waals surface area contributed by atoms with Crippen molar-refractivity contribution in [2.24, 2.45) is 0 Å². The average molecular weight is 344 g/mol. The lowest BCUT2D eigenvalue weighted by Gasteiger charge is -2.42. The molecule has 1 aromatic rings. The highest BCUT2D eigenvalue weighted by atomic mass is 16.6. The number of fused-ring (bicyclic) bond motifs is 3. The van der Waals surface area contributed by atoms with Gasteiger partial charge in [0.05, 0.1) is 12.2 Å². The Labute approximate surface area is 148 Å². The van der Waals surface area contributed by atoms with Gasteiger partial charge in [-0.05, 0) is 40.2 Å². The summed E-state index contributed by atoms with van der Waals surface area (Å²) in [6.07, 6.45) is 3.78. The normalized spacial score (nSPS) is 26.8. The summed E-state index contributed by atoms with van der Waals surface area (Å²) in [7, 11) is 0. The molecule has 3 rings (SSSR count). The molecule has 1 aliphatic carbocycles. The molecule has 5 heteroatoms. The summed E-state index contributed by atoms with van der Waals surface area (Å²) in [5.41, 5.74) is -1.97. The highest BCUT2D eigenvalue weighted by molar-refractivity contribution is 5.98. The topological polar surface area (TPSA) is 61.8 Å². The van der Waals surface area contributed by atoms with Crippen LogP contribution in [0, 0.1) is 0 Å². The molecule has 1 heterocycles. The number of esters is 2. The number of allylic oxidation sites excluding steroid dienone is 1. The molecule has 0 radical (unpaired) electrons. The Kier molecular flexibility index (Phi) is 4.35. The highest BCUT2D eigenvalue weighted by Gasteiger charge is 2.70. The molecule has 0 unspecified atom stereocenters. The van der Waals surface area contributed by atoms with Crippen LogP contribution in [0.2, 0.25) is 0 Å². The Morgan fingerprint density at radius 3 is 2.24 bits per heavy atom. The van der Waals surface area contributed by atoms with Crippen molar-refractivity contribution in [1.29, 1.82) is 0 Å². The van der Waals surface area contributed by atoms with Crippen molar-refractivity contribution < 1.29 is 23.8 Å². The summed E-state index contributed by atoms with van der Waals surface area (Å²) in [6.45, 7) is 7.15. The van der Waals surface area contributed by atoms with Crippen LogP contribution in [-0.4, -0.2) is 29.7 Å². The fourth-order valence-electron chi connectivity index (χ4n) is 3.68. The first-order valence-electron chi connectivity index (χ1n) is 8.69. The van der Waals surface area contributed by atoms with Crippen molar-refractivity contribution in [2.75, 3.05) is 0 Å². The van der Waals surface area contributed by atoms with Crippen LogP contribution in [0.3, 0.4) is 0 Å². The number of ether oxygens (including phenoxy) is 3. The first-order valence-corrected chi connectivity index (χ1v) is 8.69. The second kappa shape index (κ2) is 6.21. The Balaban J connectivity index is 2.19. The van der Waals surface area contributed by atoms with E-state index in [-0.39, 0.29) is 18.6 Å². The van der Waals surface area contributed by atoms with Crippen LogP contribution in [-0.2, 0) is 24.5 Å². The zero-order valence-corrected chi connectivity index (χ0v) is 15.1. The van der Waals surface area contributed by atoms with Crippen molar-refractivity contribution in [1.82, 2.24) is 0 Å². The summed E-state index contributed by atoms with van der Waals surface area (Å²) < 4.78 is 17.2. The van der Waals surface area contributed by atoms with Crippen LogP contribution in [0.4, 0.5) is 0 Å². The SMILES string of the molecule is CC(C)OC(=O)[C@]12CC=CC[C@@]1(C(=O)OC(C)C)c1ccccc1O2. The monoisotopic (exact) mass is 344 g/mol. The van der Waals surface area contributed by atoms with Gasteiger partial charge in [0.1, 0.15) is 5.75 Å². The largest absolute Gasteiger partial charge is 0.473 e. The van der Waals surface area contributed by atoms with Gasteiger partial charge in [0.15, 0.2) is 5.41 Å². The van der Waals surface area contributed by atoms with E-state index in [1.54, 1.807) is 33.8 Å². The van der Waals surface area contributed by atoms with Gasteiger partial charge in [0.25, 0.3) is 0 Å². The molecular weight excluding hydrogens is 320 g/mol. The minimum absolute atomic E-state index is 0.264. The molecule has 0 bridgehead atoms. The van der Waals surface area contributed by atoms with Gasteiger partial charge in [-0.15, -0.1) is 0 Å². The fraction of sp³-hybridized carbons (Fsp3) is 0.500. The molecule has 0 aromatic heterocycles. The number of para-hydroxylation sites is 1. The highest BCUT2D eigenvalue weighted by Crippen LogP contribution is 2.56. The molecular formula is C20H24O5. The van der Waals surface area contributed by atoms with Gasteiger partial charge in [-0.2, -0.15) is 0 Å². The minimum Gasteiger partial charge on any atom is -0.473 e. The number of hydrogen-bond acceptors (Lipinski definition) is 5. The van der Waals surface area contributed by atoms with Gasteiger partial charge in [-0.1, -0.05) is 30.4 Å². The molecule has 1 aliphatic heterocycles. The Morgan fingerprint density at radius 1 is 0.960 bits per heavy atom. The van der Waals surface area contributed by atoms with Crippen LogP contribution in [0.15, 0.2) is 36.4 Å². The molecule has 0 spiro atoms. The van der Waals surface area contributed by atoms with Crippen molar-refractivity contribution in [3.05, 3.63) is 42.0 Å². The predicted molar refractivity (Wildman–Crippen MR) is 92.3 cm³/mol. The van der Waals surface area contributed by atoms with Crippen molar-refractivity contribution in [2.45, 2.75) is 63.8 Å². The second-order valence-electron chi connectivity index (χ2n) is 7.12. The smallest absolute Gasteiger partial charge is 0.352 e. The predicted octanol–water partition coefficient (Wildman–Crippen LogP) is 3.31. The van der Waals surface area contributed by atoms with E-state index in [1.807, 2.05) is 30.4 Å². The third kappa shape index (κ3) is 2.53. The number of rotatable bonds is 4. The number of benzene rings is 1. The number of hydrogen-bond donors (Lipinski definition) is 0. The molecule has 0 saturated heterocycles. The summed E-state index contributed by atoms with van der Waals surface area (Å²) >= 11 is 0. The Morgan fingerprint density at radius 2 is 1.56 bits per heavy atom. The van der Waals surface area contributed by atoms with Gasteiger partial charge >= 0.3 is 11.9 Å². The quantitative estimate of drug-likeness (QED) is 0.619. The molecule has 25 heavy (non-hydrogen) atoms. The lowest BCUT2D eigenvalue weighted by molar-refractivity contribution is -0.182. The van der Waals surface area contributed by atoms with Gasteiger partial charge in [-0.25, -0.2) is 4.79 Å². The molecule has 0 N–H and O–H groups in total. The zero-order chi connectivity index (χ0) is 18.2. The van der Waals surface area contributed by atoms with Crippen molar-refractivity contribution in [3.8, 4) is 5.75 Å². The Bertz CT molecular complexity index is 721.